The second kappa shape index (κ2) is 6.61. The number of piperidine rings is 1. The third kappa shape index (κ3) is 4.06. The minimum Gasteiger partial charge on any atom is -0.378 e. The molecule has 0 aromatic carbocycles. The first-order chi connectivity index (χ1) is 7.84. The molecule has 1 saturated heterocycles. The number of ether oxygens (including phenoxy) is 1. The van der Waals surface area contributed by atoms with Crippen molar-refractivity contribution in [3.8, 4) is 0 Å². The fourth-order valence-electron chi connectivity index (χ4n) is 3.10. The van der Waals surface area contributed by atoms with Gasteiger partial charge in [0.05, 0.1) is 6.10 Å². The normalized spacial score (nSPS) is 32.8. The summed E-state index contributed by atoms with van der Waals surface area (Å²) in [7, 11) is 0. The summed E-state index contributed by atoms with van der Waals surface area (Å²) < 4.78 is 6.04. The van der Waals surface area contributed by atoms with E-state index < -0.39 is 0 Å². The number of rotatable bonds is 4. The molecule has 16 heavy (non-hydrogen) atoms. The Morgan fingerprint density at radius 1 is 1.12 bits per heavy atom. The summed E-state index contributed by atoms with van der Waals surface area (Å²) in [6.45, 7) is 5.79. The van der Waals surface area contributed by atoms with E-state index in [4.69, 9.17) is 4.74 Å². The SMILES string of the molecule is CC1CCCC(OCCC2CCNCC2)C1. The summed E-state index contributed by atoms with van der Waals surface area (Å²) in [6.07, 6.45) is 9.95. The van der Waals surface area contributed by atoms with Gasteiger partial charge >= 0.3 is 0 Å². The fourth-order valence-corrected chi connectivity index (χ4v) is 3.10. The van der Waals surface area contributed by atoms with Crippen LogP contribution >= 0.6 is 0 Å². The van der Waals surface area contributed by atoms with Crippen LogP contribution in [0.25, 0.3) is 0 Å². The van der Waals surface area contributed by atoms with Crippen molar-refractivity contribution in [1.29, 1.82) is 0 Å². The van der Waals surface area contributed by atoms with Crippen LogP contribution in [0.1, 0.15) is 51.9 Å². The van der Waals surface area contributed by atoms with Gasteiger partial charge in [0.1, 0.15) is 0 Å². The molecule has 2 fully saturated rings. The fraction of sp³-hybridized carbons (Fsp3) is 1.00. The zero-order valence-corrected chi connectivity index (χ0v) is 10.7. The van der Waals surface area contributed by atoms with Gasteiger partial charge in [-0.25, -0.2) is 0 Å². The van der Waals surface area contributed by atoms with E-state index >= 15 is 0 Å². The van der Waals surface area contributed by atoms with E-state index in [1.807, 2.05) is 0 Å². The number of nitrogens with one attached hydrogen (secondary N) is 1. The second-order valence-corrected chi connectivity index (χ2v) is 5.75. The van der Waals surface area contributed by atoms with Crippen molar-refractivity contribution in [2.24, 2.45) is 11.8 Å². The highest BCUT2D eigenvalue weighted by Gasteiger charge is 2.20. The standard InChI is InChI=1S/C14H27NO/c1-12-3-2-4-14(11-12)16-10-7-13-5-8-15-9-6-13/h12-15H,2-11H2,1H3. The molecule has 2 rings (SSSR count). The molecule has 1 aliphatic heterocycles. The third-order valence-electron chi connectivity index (χ3n) is 4.23. The molecule has 0 aromatic rings. The summed E-state index contributed by atoms with van der Waals surface area (Å²) in [5.41, 5.74) is 0. The maximum atomic E-state index is 6.04. The van der Waals surface area contributed by atoms with Crippen LogP contribution in [0.4, 0.5) is 0 Å². The van der Waals surface area contributed by atoms with Gasteiger partial charge < -0.3 is 10.1 Å². The monoisotopic (exact) mass is 225 g/mol. The topological polar surface area (TPSA) is 21.3 Å². The molecule has 2 aliphatic rings. The molecule has 2 heteroatoms. The first-order valence-corrected chi connectivity index (χ1v) is 7.17. The lowest BCUT2D eigenvalue weighted by atomic mass is 9.88. The first kappa shape index (κ1) is 12.4. The zero-order chi connectivity index (χ0) is 11.2. The van der Waals surface area contributed by atoms with E-state index in [0.29, 0.717) is 6.10 Å². The van der Waals surface area contributed by atoms with Crippen molar-refractivity contribution in [3.63, 3.8) is 0 Å². The molecule has 1 N–H and O–H groups in total. The molecule has 94 valence electrons. The Labute approximate surface area is 100 Å². The van der Waals surface area contributed by atoms with Crippen LogP contribution in [-0.4, -0.2) is 25.8 Å². The van der Waals surface area contributed by atoms with Gasteiger partial charge in [0.25, 0.3) is 0 Å². The van der Waals surface area contributed by atoms with E-state index in [0.717, 1.165) is 18.4 Å². The van der Waals surface area contributed by atoms with E-state index in [1.54, 1.807) is 0 Å². The highest BCUT2D eigenvalue weighted by atomic mass is 16.5. The van der Waals surface area contributed by atoms with Crippen LogP contribution in [0.3, 0.4) is 0 Å². The summed E-state index contributed by atoms with van der Waals surface area (Å²) in [5, 5.41) is 3.42. The Kier molecular flexibility index (Phi) is 5.11. The molecule has 2 nitrogen and oxygen atoms in total. The van der Waals surface area contributed by atoms with Crippen molar-refractivity contribution in [2.45, 2.75) is 58.0 Å². The predicted octanol–water partition coefficient (Wildman–Crippen LogP) is 2.97. The van der Waals surface area contributed by atoms with Crippen LogP contribution < -0.4 is 5.32 Å². The first-order valence-electron chi connectivity index (χ1n) is 7.17. The van der Waals surface area contributed by atoms with E-state index in [2.05, 4.69) is 12.2 Å². The van der Waals surface area contributed by atoms with Gasteiger partial charge in [-0.1, -0.05) is 19.8 Å². The molecule has 1 aliphatic carbocycles. The highest BCUT2D eigenvalue weighted by Crippen LogP contribution is 2.26. The maximum absolute atomic E-state index is 6.04. The lowest BCUT2D eigenvalue weighted by Crippen LogP contribution is -2.29. The lowest BCUT2D eigenvalue weighted by molar-refractivity contribution is 0.00781. The van der Waals surface area contributed by atoms with Gasteiger partial charge in [-0.3, -0.25) is 0 Å². The van der Waals surface area contributed by atoms with Gasteiger partial charge in [0.15, 0.2) is 0 Å². The van der Waals surface area contributed by atoms with E-state index in [9.17, 15) is 0 Å². The van der Waals surface area contributed by atoms with Crippen LogP contribution in [0.15, 0.2) is 0 Å². The van der Waals surface area contributed by atoms with Crippen LogP contribution in [0.2, 0.25) is 0 Å². The maximum Gasteiger partial charge on any atom is 0.0577 e. The minimum absolute atomic E-state index is 0.575. The average Bonchev–Trinajstić information content (AvgIpc) is 2.30. The Hall–Kier alpha value is -0.0800. The van der Waals surface area contributed by atoms with E-state index in [-0.39, 0.29) is 0 Å². The summed E-state index contributed by atoms with van der Waals surface area (Å²) in [4.78, 5) is 0. The largest absolute Gasteiger partial charge is 0.378 e. The molecular weight excluding hydrogens is 198 g/mol. The van der Waals surface area contributed by atoms with Gasteiger partial charge in [0, 0.05) is 6.61 Å². The van der Waals surface area contributed by atoms with Crippen molar-refractivity contribution in [3.05, 3.63) is 0 Å². The Bertz CT molecular complexity index is 189. The Balaban J connectivity index is 1.56. The molecule has 1 heterocycles. The van der Waals surface area contributed by atoms with Crippen molar-refractivity contribution >= 4 is 0 Å². The number of hydrogen-bond acceptors (Lipinski definition) is 2. The average molecular weight is 225 g/mol. The molecule has 0 spiro atoms. The van der Waals surface area contributed by atoms with Crippen molar-refractivity contribution in [1.82, 2.24) is 5.32 Å². The molecule has 1 saturated carbocycles. The summed E-state index contributed by atoms with van der Waals surface area (Å²) in [6, 6.07) is 0. The molecule has 0 aromatic heterocycles. The van der Waals surface area contributed by atoms with Crippen LogP contribution in [0.5, 0.6) is 0 Å². The Morgan fingerprint density at radius 3 is 2.69 bits per heavy atom. The Morgan fingerprint density at radius 2 is 1.94 bits per heavy atom. The molecule has 2 unspecified atom stereocenters. The zero-order valence-electron chi connectivity index (χ0n) is 10.7. The lowest BCUT2D eigenvalue weighted by Gasteiger charge is -2.28. The molecule has 0 amide bonds. The van der Waals surface area contributed by atoms with Crippen molar-refractivity contribution in [2.75, 3.05) is 19.7 Å². The quantitative estimate of drug-likeness (QED) is 0.794. The molecular formula is C14H27NO. The molecule has 0 radical (unpaired) electrons. The summed E-state index contributed by atoms with van der Waals surface area (Å²) in [5.74, 6) is 1.81. The van der Waals surface area contributed by atoms with Crippen molar-refractivity contribution < 1.29 is 4.74 Å². The number of hydrogen-bond donors (Lipinski definition) is 1. The van der Waals surface area contributed by atoms with Gasteiger partial charge in [-0.05, 0) is 57.0 Å². The van der Waals surface area contributed by atoms with Gasteiger partial charge in [0.2, 0.25) is 0 Å². The van der Waals surface area contributed by atoms with Crippen LogP contribution in [0, 0.1) is 11.8 Å². The van der Waals surface area contributed by atoms with Crippen LogP contribution in [-0.2, 0) is 4.74 Å². The minimum atomic E-state index is 0.575. The second-order valence-electron chi connectivity index (χ2n) is 5.75. The van der Waals surface area contributed by atoms with Gasteiger partial charge in [-0.2, -0.15) is 0 Å². The predicted molar refractivity (Wildman–Crippen MR) is 67.6 cm³/mol. The highest BCUT2D eigenvalue weighted by molar-refractivity contribution is 4.72. The molecule has 0 bridgehead atoms. The molecule has 2 atom stereocenters. The van der Waals surface area contributed by atoms with Gasteiger partial charge in [-0.15, -0.1) is 0 Å². The summed E-state index contributed by atoms with van der Waals surface area (Å²) >= 11 is 0. The smallest absolute Gasteiger partial charge is 0.0577 e. The van der Waals surface area contributed by atoms with E-state index in [1.165, 1.54) is 58.0 Å². The third-order valence-corrected chi connectivity index (χ3v) is 4.23.